The van der Waals surface area contributed by atoms with Gasteiger partial charge in [0.1, 0.15) is 0 Å². The molecule has 0 aromatic rings. The molecule has 0 aliphatic heterocycles. The summed E-state index contributed by atoms with van der Waals surface area (Å²) in [5.74, 6) is 0.148. The molecule has 0 aromatic carbocycles. The third-order valence-electron chi connectivity index (χ3n) is 5.20. The van der Waals surface area contributed by atoms with Crippen LogP contribution in [0.5, 0.6) is 0 Å². The molecule has 0 N–H and O–H groups in total. The Morgan fingerprint density at radius 1 is 0.607 bits per heavy atom. The van der Waals surface area contributed by atoms with E-state index < -0.39 is 0 Å². The van der Waals surface area contributed by atoms with Gasteiger partial charge in [-0.2, -0.15) is 0 Å². The molecule has 0 spiro atoms. The number of hydrogen-bond donors (Lipinski definition) is 0. The lowest BCUT2D eigenvalue weighted by atomic mass is 10.1. The molecule has 0 bridgehead atoms. The van der Waals surface area contributed by atoms with Crippen LogP contribution in [0.1, 0.15) is 124 Å². The molecule has 4 heteroatoms. The zero-order chi connectivity index (χ0) is 20.9. The van der Waals surface area contributed by atoms with Gasteiger partial charge in [-0.05, 0) is 32.1 Å². The van der Waals surface area contributed by atoms with Crippen LogP contribution in [0.15, 0.2) is 0 Å². The second-order valence-corrected chi connectivity index (χ2v) is 7.99. The number of rotatable bonds is 20. The van der Waals surface area contributed by atoms with Gasteiger partial charge in [-0.25, -0.2) is 0 Å². The molecule has 0 radical (unpaired) electrons. The summed E-state index contributed by atoms with van der Waals surface area (Å²) in [5.41, 5.74) is 0. The molecule has 28 heavy (non-hydrogen) atoms. The van der Waals surface area contributed by atoms with Gasteiger partial charge >= 0.3 is 5.97 Å². The van der Waals surface area contributed by atoms with Crippen LogP contribution in [-0.2, 0) is 14.3 Å². The van der Waals surface area contributed by atoms with Crippen molar-refractivity contribution in [2.45, 2.75) is 124 Å². The Morgan fingerprint density at radius 2 is 1.11 bits per heavy atom. The van der Waals surface area contributed by atoms with Crippen LogP contribution in [0.2, 0.25) is 0 Å². The first-order chi connectivity index (χ1) is 13.7. The summed E-state index contributed by atoms with van der Waals surface area (Å²) in [4.78, 5) is 26.4. The van der Waals surface area contributed by atoms with Crippen molar-refractivity contribution in [3.63, 3.8) is 0 Å². The van der Waals surface area contributed by atoms with Gasteiger partial charge < -0.3 is 9.64 Å². The number of carbonyl (C=O) groups excluding carboxylic acids is 2. The van der Waals surface area contributed by atoms with Gasteiger partial charge in [-0.3, -0.25) is 9.59 Å². The zero-order valence-corrected chi connectivity index (χ0v) is 19.1. The molecule has 0 heterocycles. The van der Waals surface area contributed by atoms with Gasteiger partial charge in [0.2, 0.25) is 5.91 Å². The first kappa shape index (κ1) is 26.9. The zero-order valence-electron chi connectivity index (χ0n) is 19.1. The standard InChI is InChI=1S/C24H47NO3/c1-4-7-10-12-16-20-25(21-17-13-11-8-5-2)23(26)18-14-15-19-24(27)28-22-9-6-3/h4-22H2,1-3H3. The Balaban J connectivity index is 4.09. The maximum absolute atomic E-state index is 12.6. The molecule has 0 rings (SSSR count). The fourth-order valence-electron chi connectivity index (χ4n) is 3.28. The number of esters is 1. The van der Waals surface area contributed by atoms with Crippen molar-refractivity contribution in [1.29, 1.82) is 0 Å². The van der Waals surface area contributed by atoms with E-state index in [1.807, 2.05) is 0 Å². The Bertz CT molecular complexity index is 357. The molecule has 0 unspecified atom stereocenters. The summed E-state index contributed by atoms with van der Waals surface area (Å²) in [7, 11) is 0. The highest BCUT2D eigenvalue weighted by Gasteiger charge is 2.13. The third kappa shape index (κ3) is 17.1. The average molecular weight is 398 g/mol. The SMILES string of the molecule is CCCCCCCN(CCCCCCC)C(=O)CCCCC(=O)OCCCC. The molecule has 0 saturated heterocycles. The van der Waals surface area contributed by atoms with Gasteiger partial charge in [-0.15, -0.1) is 0 Å². The summed E-state index contributed by atoms with van der Waals surface area (Å²) < 4.78 is 5.17. The van der Waals surface area contributed by atoms with Crippen LogP contribution in [0.25, 0.3) is 0 Å². The highest BCUT2D eigenvalue weighted by atomic mass is 16.5. The fourth-order valence-corrected chi connectivity index (χ4v) is 3.28. The summed E-state index contributed by atoms with van der Waals surface area (Å²) >= 11 is 0. The second kappa shape index (κ2) is 20.7. The smallest absolute Gasteiger partial charge is 0.305 e. The van der Waals surface area contributed by atoms with Crippen molar-refractivity contribution in [3.8, 4) is 0 Å². The minimum atomic E-state index is -0.121. The Morgan fingerprint density at radius 3 is 1.64 bits per heavy atom. The van der Waals surface area contributed by atoms with Crippen molar-refractivity contribution in [3.05, 3.63) is 0 Å². The summed E-state index contributed by atoms with van der Waals surface area (Å²) in [6, 6.07) is 0. The lowest BCUT2D eigenvalue weighted by molar-refractivity contribution is -0.144. The van der Waals surface area contributed by atoms with E-state index >= 15 is 0 Å². The van der Waals surface area contributed by atoms with Crippen LogP contribution >= 0.6 is 0 Å². The van der Waals surface area contributed by atoms with E-state index in [2.05, 4.69) is 25.7 Å². The highest BCUT2D eigenvalue weighted by Crippen LogP contribution is 2.11. The average Bonchev–Trinajstić information content (AvgIpc) is 2.69. The minimum absolute atomic E-state index is 0.121. The van der Waals surface area contributed by atoms with Crippen LogP contribution in [0.4, 0.5) is 0 Å². The first-order valence-electron chi connectivity index (χ1n) is 12.1. The molecule has 0 atom stereocenters. The third-order valence-corrected chi connectivity index (χ3v) is 5.20. The van der Waals surface area contributed by atoms with Gasteiger partial charge in [-0.1, -0.05) is 78.6 Å². The van der Waals surface area contributed by atoms with Crippen molar-refractivity contribution < 1.29 is 14.3 Å². The maximum atomic E-state index is 12.6. The van der Waals surface area contributed by atoms with E-state index in [0.29, 0.717) is 19.4 Å². The molecule has 0 fully saturated rings. The molecule has 1 amide bonds. The minimum Gasteiger partial charge on any atom is -0.466 e. The van der Waals surface area contributed by atoms with Gasteiger partial charge in [0.15, 0.2) is 0 Å². The van der Waals surface area contributed by atoms with Crippen molar-refractivity contribution >= 4 is 11.9 Å². The molecule has 0 aliphatic rings. The summed E-state index contributed by atoms with van der Waals surface area (Å²) in [6.45, 7) is 8.86. The number of ether oxygens (including phenoxy) is 1. The van der Waals surface area contributed by atoms with E-state index in [1.165, 1.54) is 51.4 Å². The molecular formula is C24H47NO3. The first-order valence-corrected chi connectivity index (χ1v) is 12.1. The van der Waals surface area contributed by atoms with Crippen LogP contribution < -0.4 is 0 Å². The van der Waals surface area contributed by atoms with Crippen LogP contribution in [-0.4, -0.2) is 36.5 Å². The topological polar surface area (TPSA) is 46.6 Å². The maximum Gasteiger partial charge on any atom is 0.305 e. The molecule has 0 saturated carbocycles. The van der Waals surface area contributed by atoms with Crippen molar-refractivity contribution in [1.82, 2.24) is 4.90 Å². The lowest BCUT2D eigenvalue weighted by Crippen LogP contribution is -2.32. The Hall–Kier alpha value is -1.06. The van der Waals surface area contributed by atoms with Crippen molar-refractivity contribution in [2.24, 2.45) is 0 Å². The highest BCUT2D eigenvalue weighted by molar-refractivity contribution is 5.76. The second-order valence-electron chi connectivity index (χ2n) is 7.99. The van der Waals surface area contributed by atoms with Crippen LogP contribution in [0.3, 0.4) is 0 Å². The van der Waals surface area contributed by atoms with E-state index in [0.717, 1.165) is 51.6 Å². The largest absolute Gasteiger partial charge is 0.466 e. The van der Waals surface area contributed by atoms with Gasteiger partial charge in [0.25, 0.3) is 0 Å². The quantitative estimate of drug-likeness (QED) is 0.170. The fraction of sp³-hybridized carbons (Fsp3) is 0.917. The normalized spacial score (nSPS) is 10.8. The van der Waals surface area contributed by atoms with E-state index in [1.54, 1.807) is 0 Å². The van der Waals surface area contributed by atoms with E-state index in [-0.39, 0.29) is 11.9 Å². The number of amides is 1. The number of hydrogen-bond acceptors (Lipinski definition) is 3. The Kier molecular flexibility index (Phi) is 19.9. The van der Waals surface area contributed by atoms with Gasteiger partial charge in [0.05, 0.1) is 6.61 Å². The lowest BCUT2D eigenvalue weighted by Gasteiger charge is -2.23. The molecule has 166 valence electrons. The molecule has 0 aliphatic carbocycles. The number of unbranched alkanes of at least 4 members (excludes halogenated alkanes) is 10. The summed E-state index contributed by atoms with van der Waals surface area (Å²) in [5, 5.41) is 0. The van der Waals surface area contributed by atoms with Crippen LogP contribution in [0, 0.1) is 0 Å². The van der Waals surface area contributed by atoms with E-state index in [4.69, 9.17) is 4.74 Å². The molecule has 0 aromatic heterocycles. The summed E-state index contributed by atoms with van der Waals surface area (Å²) in [6.07, 6.45) is 16.8. The molecular weight excluding hydrogens is 350 g/mol. The predicted octanol–water partition coefficient (Wildman–Crippen LogP) is 6.66. The van der Waals surface area contributed by atoms with Gasteiger partial charge in [0, 0.05) is 25.9 Å². The monoisotopic (exact) mass is 397 g/mol. The molecule has 4 nitrogen and oxygen atoms in total. The Labute approximate surface area is 174 Å². The van der Waals surface area contributed by atoms with E-state index in [9.17, 15) is 9.59 Å². The number of carbonyl (C=O) groups is 2. The number of nitrogens with zero attached hydrogens (tertiary/aromatic N) is 1. The predicted molar refractivity (Wildman–Crippen MR) is 118 cm³/mol. The van der Waals surface area contributed by atoms with Crippen molar-refractivity contribution in [2.75, 3.05) is 19.7 Å².